The number of amides is 2. The van der Waals surface area contributed by atoms with Gasteiger partial charge in [0.25, 0.3) is 0 Å². The summed E-state index contributed by atoms with van der Waals surface area (Å²) in [5.74, 6) is 1.20. The van der Waals surface area contributed by atoms with Gasteiger partial charge >= 0.3 is 6.03 Å². The first-order valence-electron chi connectivity index (χ1n) is 8.20. The van der Waals surface area contributed by atoms with Crippen LogP contribution in [0.15, 0.2) is 48.5 Å². The van der Waals surface area contributed by atoms with E-state index >= 15 is 0 Å². The monoisotopic (exact) mass is 344 g/mol. The lowest BCUT2D eigenvalue weighted by atomic mass is 10.1. The summed E-state index contributed by atoms with van der Waals surface area (Å²) in [6, 6.07) is 13.3. The van der Waals surface area contributed by atoms with Crippen LogP contribution in [0, 0.1) is 5.82 Å². The van der Waals surface area contributed by atoms with Crippen molar-refractivity contribution in [2.24, 2.45) is 0 Å². The van der Waals surface area contributed by atoms with Gasteiger partial charge in [-0.3, -0.25) is 0 Å². The Kier molecular flexibility index (Phi) is 5.07. The van der Waals surface area contributed by atoms with Crippen LogP contribution in [0.25, 0.3) is 0 Å². The maximum Gasteiger partial charge on any atom is 0.315 e. The van der Waals surface area contributed by atoms with Crippen molar-refractivity contribution in [2.45, 2.75) is 18.4 Å². The van der Waals surface area contributed by atoms with Gasteiger partial charge < -0.3 is 20.1 Å². The molecule has 2 aromatic carbocycles. The normalized spacial score (nSPS) is 14.5. The summed E-state index contributed by atoms with van der Waals surface area (Å²) in [6.07, 6.45) is 1.71. The molecule has 25 heavy (non-hydrogen) atoms. The third-order valence-corrected chi connectivity index (χ3v) is 4.22. The zero-order chi connectivity index (χ0) is 17.7. The van der Waals surface area contributed by atoms with E-state index in [1.54, 1.807) is 19.2 Å². The van der Waals surface area contributed by atoms with Gasteiger partial charge in [-0.25, -0.2) is 9.18 Å². The zero-order valence-corrected chi connectivity index (χ0v) is 14.0. The lowest BCUT2D eigenvalue weighted by Crippen LogP contribution is -2.43. The molecule has 1 aliphatic carbocycles. The molecule has 0 aliphatic heterocycles. The Balaban J connectivity index is 1.41. The Bertz CT molecular complexity index is 712. The molecule has 1 saturated carbocycles. The van der Waals surface area contributed by atoms with Crippen LogP contribution in [0.1, 0.15) is 18.4 Å². The van der Waals surface area contributed by atoms with Crippen LogP contribution in [-0.4, -0.2) is 26.3 Å². The molecule has 0 atom stereocenters. The van der Waals surface area contributed by atoms with Crippen LogP contribution in [0.3, 0.4) is 0 Å². The second-order valence-electron chi connectivity index (χ2n) is 5.99. The molecule has 0 heterocycles. The smallest absolute Gasteiger partial charge is 0.315 e. The van der Waals surface area contributed by atoms with Crippen molar-refractivity contribution in [3.63, 3.8) is 0 Å². The van der Waals surface area contributed by atoms with Crippen molar-refractivity contribution in [1.29, 1.82) is 0 Å². The number of carbonyl (C=O) groups excluding carboxylic acids is 1. The van der Waals surface area contributed by atoms with Crippen molar-refractivity contribution in [2.75, 3.05) is 20.3 Å². The van der Waals surface area contributed by atoms with Crippen molar-refractivity contribution in [3.05, 3.63) is 59.9 Å². The van der Waals surface area contributed by atoms with Crippen molar-refractivity contribution in [3.8, 4) is 11.5 Å². The number of hydrogen-bond donors (Lipinski definition) is 2. The predicted octanol–water partition coefficient (Wildman–Crippen LogP) is 3.20. The van der Waals surface area contributed by atoms with Gasteiger partial charge in [-0.2, -0.15) is 0 Å². The number of carbonyl (C=O) groups is 1. The topological polar surface area (TPSA) is 59.6 Å². The molecule has 2 N–H and O–H groups in total. The lowest BCUT2D eigenvalue weighted by molar-refractivity contribution is 0.231. The largest absolute Gasteiger partial charge is 0.497 e. The fourth-order valence-electron chi connectivity index (χ4n) is 2.65. The average Bonchev–Trinajstić information content (AvgIpc) is 3.40. The first-order valence-corrected chi connectivity index (χ1v) is 8.20. The maximum absolute atomic E-state index is 13.0. The van der Waals surface area contributed by atoms with E-state index in [2.05, 4.69) is 10.6 Å². The predicted molar refractivity (Wildman–Crippen MR) is 92.3 cm³/mol. The standard InChI is InChI=1S/C19H21FN2O3/c1-24-16-6-8-17(9-7-16)25-13-12-21-18(23)22-19(10-11-19)14-2-4-15(20)5-3-14/h2-9H,10-13H2,1H3,(H2,21,22,23). The molecule has 132 valence electrons. The molecule has 0 saturated heterocycles. The molecule has 0 aromatic heterocycles. The Morgan fingerprint density at radius 2 is 1.72 bits per heavy atom. The van der Waals surface area contributed by atoms with Crippen LogP contribution in [0.2, 0.25) is 0 Å². The van der Waals surface area contributed by atoms with E-state index in [9.17, 15) is 9.18 Å². The van der Waals surface area contributed by atoms with E-state index in [-0.39, 0.29) is 17.4 Å². The minimum Gasteiger partial charge on any atom is -0.497 e. The molecular formula is C19H21FN2O3. The van der Waals surface area contributed by atoms with Crippen molar-refractivity contribution < 1.29 is 18.7 Å². The van der Waals surface area contributed by atoms with Gasteiger partial charge in [0.05, 0.1) is 19.2 Å². The third-order valence-electron chi connectivity index (χ3n) is 4.22. The van der Waals surface area contributed by atoms with Gasteiger partial charge in [0.1, 0.15) is 23.9 Å². The molecule has 6 heteroatoms. The van der Waals surface area contributed by atoms with Gasteiger partial charge in [0.15, 0.2) is 0 Å². The van der Waals surface area contributed by atoms with E-state index in [0.29, 0.717) is 18.9 Å². The van der Waals surface area contributed by atoms with Gasteiger partial charge in [-0.05, 0) is 54.8 Å². The van der Waals surface area contributed by atoms with Crippen LogP contribution in [0.5, 0.6) is 11.5 Å². The number of benzene rings is 2. The number of halogens is 1. The fourth-order valence-corrected chi connectivity index (χ4v) is 2.65. The Morgan fingerprint density at radius 1 is 1.08 bits per heavy atom. The number of urea groups is 1. The first-order chi connectivity index (χ1) is 12.1. The second kappa shape index (κ2) is 7.42. The highest BCUT2D eigenvalue weighted by Crippen LogP contribution is 2.45. The van der Waals surface area contributed by atoms with Crippen molar-refractivity contribution in [1.82, 2.24) is 10.6 Å². The Hall–Kier alpha value is -2.76. The number of nitrogens with one attached hydrogen (secondary N) is 2. The zero-order valence-electron chi connectivity index (χ0n) is 14.0. The minimum atomic E-state index is -0.366. The first kappa shape index (κ1) is 17.1. The molecule has 2 amide bonds. The second-order valence-corrected chi connectivity index (χ2v) is 5.99. The van der Waals surface area contributed by atoms with E-state index in [4.69, 9.17) is 9.47 Å². The number of rotatable bonds is 7. The maximum atomic E-state index is 13.0. The molecular weight excluding hydrogens is 323 g/mol. The molecule has 1 aliphatic rings. The summed E-state index contributed by atoms with van der Waals surface area (Å²) in [4.78, 5) is 12.1. The summed E-state index contributed by atoms with van der Waals surface area (Å²) in [6.45, 7) is 0.751. The van der Waals surface area contributed by atoms with E-state index < -0.39 is 0 Å². The van der Waals surface area contributed by atoms with Gasteiger partial charge in [0.2, 0.25) is 0 Å². The van der Waals surface area contributed by atoms with E-state index in [1.165, 1.54) is 12.1 Å². The molecule has 0 bridgehead atoms. The van der Waals surface area contributed by atoms with Crippen LogP contribution in [-0.2, 0) is 5.54 Å². The number of methoxy groups -OCH3 is 1. The average molecular weight is 344 g/mol. The van der Waals surface area contributed by atoms with Crippen LogP contribution >= 0.6 is 0 Å². The quantitative estimate of drug-likeness (QED) is 0.759. The summed E-state index contributed by atoms with van der Waals surface area (Å²) in [5.41, 5.74) is 0.563. The minimum absolute atomic E-state index is 0.250. The van der Waals surface area contributed by atoms with Crippen molar-refractivity contribution >= 4 is 6.03 Å². The summed E-state index contributed by atoms with van der Waals surface area (Å²) in [5, 5.41) is 5.75. The Morgan fingerprint density at radius 3 is 2.32 bits per heavy atom. The molecule has 5 nitrogen and oxygen atoms in total. The SMILES string of the molecule is COc1ccc(OCCNC(=O)NC2(c3ccc(F)cc3)CC2)cc1. The van der Waals surface area contributed by atoms with Gasteiger partial charge in [-0.15, -0.1) is 0 Å². The third kappa shape index (κ3) is 4.41. The van der Waals surface area contributed by atoms with Gasteiger partial charge in [-0.1, -0.05) is 12.1 Å². The molecule has 1 fully saturated rings. The highest BCUT2D eigenvalue weighted by molar-refractivity contribution is 5.75. The van der Waals surface area contributed by atoms with Crippen LogP contribution < -0.4 is 20.1 Å². The molecule has 0 radical (unpaired) electrons. The van der Waals surface area contributed by atoms with E-state index in [0.717, 1.165) is 24.2 Å². The van der Waals surface area contributed by atoms with E-state index in [1.807, 2.05) is 24.3 Å². The van der Waals surface area contributed by atoms with Crippen LogP contribution in [0.4, 0.5) is 9.18 Å². The highest BCUT2D eigenvalue weighted by Gasteiger charge is 2.45. The molecule has 0 unspecified atom stereocenters. The van der Waals surface area contributed by atoms with Gasteiger partial charge in [0, 0.05) is 0 Å². The number of ether oxygens (including phenoxy) is 2. The summed E-state index contributed by atoms with van der Waals surface area (Å²) >= 11 is 0. The Labute approximate surface area is 146 Å². The molecule has 2 aromatic rings. The summed E-state index contributed by atoms with van der Waals surface area (Å²) in [7, 11) is 1.61. The lowest BCUT2D eigenvalue weighted by Gasteiger charge is -2.18. The highest BCUT2D eigenvalue weighted by atomic mass is 19.1. The number of hydrogen-bond acceptors (Lipinski definition) is 3. The molecule has 3 rings (SSSR count). The fraction of sp³-hybridized carbons (Fsp3) is 0.316. The summed E-state index contributed by atoms with van der Waals surface area (Å²) < 4.78 is 23.7. The molecule has 0 spiro atoms.